The minimum absolute atomic E-state index is 0.128. The van der Waals surface area contributed by atoms with Gasteiger partial charge in [-0.15, -0.1) is 0 Å². The molecule has 0 aliphatic heterocycles. The fraction of sp³-hybridized carbons (Fsp3) is 0.323. The van der Waals surface area contributed by atoms with Gasteiger partial charge in [0.05, 0.1) is 25.8 Å². The molecule has 3 aromatic carbocycles. The average molecular weight is 516 g/mol. The van der Waals surface area contributed by atoms with Gasteiger partial charge in [-0.2, -0.15) is 0 Å². The lowest BCUT2D eigenvalue weighted by Gasteiger charge is -2.19. The molecule has 0 saturated carbocycles. The zero-order chi connectivity index (χ0) is 27.0. The topological polar surface area (TPSA) is 84.9 Å². The third-order valence-electron chi connectivity index (χ3n) is 6.15. The molecule has 7 heteroatoms. The Labute approximate surface area is 224 Å². The number of aliphatic hydroxyl groups excluding tert-OH is 1. The molecular formula is C31H37N3O4. The summed E-state index contributed by atoms with van der Waals surface area (Å²) in [4.78, 5) is 4.50. The van der Waals surface area contributed by atoms with Crippen LogP contribution in [0.2, 0.25) is 0 Å². The van der Waals surface area contributed by atoms with Crippen LogP contribution < -0.4 is 24.8 Å². The van der Waals surface area contributed by atoms with Gasteiger partial charge in [0.25, 0.3) is 0 Å². The summed E-state index contributed by atoms with van der Waals surface area (Å²) in [6.07, 6.45) is 2.54. The van der Waals surface area contributed by atoms with Crippen molar-refractivity contribution in [2.75, 3.05) is 38.7 Å². The van der Waals surface area contributed by atoms with Crippen molar-refractivity contribution < 1.29 is 19.3 Å². The van der Waals surface area contributed by atoms with E-state index >= 15 is 0 Å². The van der Waals surface area contributed by atoms with Gasteiger partial charge in [0.15, 0.2) is 11.5 Å². The first-order valence-electron chi connectivity index (χ1n) is 12.9. The number of benzene rings is 3. The molecule has 200 valence electrons. The summed E-state index contributed by atoms with van der Waals surface area (Å²) in [5, 5.41) is 16.3. The second-order valence-corrected chi connectivity index (χ2v) is 10.1. The van der Waals surface area contributed by atoms with Gasteiger partial charge in [-0.1, -0.05) is 32.9 Å². The first-order chi connectivity index (χ1) is 18.4. The molecule has 0 unspecified atom stereocenters. The maximum Gasteiger partial charge on any atom is 0.163 e. The van der Waals surface area contributed by atoms with Crippen molar-refractivity contribution in [3.05, 3.63) is 78.5 Å². The number of fused-ring (bicyclic) bond motifs is 1. The summed E-state index contributed by atoms with van der Waals surface area (Å²) in [5.41, 5.74) is 4.21. The highest BCUT2D eigenvalue weighted by Crippen LogP contribution is 2.37. The Bertz CT molecular complexity index is 1320. The molecule has 1 aromatic heterocycles. The number of methoxy groups -OCH3 is 1. The molecule has 0 radical (unpaired) electrons. The summed E-state index contributed by atoms with van der Waals surface area (Å²) in [6, 6.07) is 22.0. The van der Waals surface area contributed by atoms with Crippen LogP contribution in [-0.4, -0.2) is 43.5 Å². The minimum atomic E-state index is 0.128. The van der Waals surface area contributed by atoms with Crippen LogP contribution in [-0.2, 0) is 5.41 Å². The largest absolute Gasteiger partial charge is 0.493 e. The van der Waals surface area contributed by atoms with E-state index in [0.717, 1.165) is 41.0 Å². The van der Waals surface area contributed by atoms with Crippen molar-refractivity contribution in [1.82, 2.24) is 10.3 Å². The molecule has 0 spiro atoms. The number of aliphatic hydroxyl groups is 1. The quantitative estimate of drug-likeness (QED) is 0.188. The van der Waals surface area contributed by atoms with Gasteiger partial charge in [-0.3, -0.25) is 4.98 Å². The van der Waals surface area contributed by atoms with Crippen LogP contribution in [0.1, 0.15) is 32.8 Å². The third-order valence-corrected chi connectivity index (χ3v) is 6.15. The molecule has 3 N–H and O–H groups in total. The maximum atomic E-state index is 8.85. The Kier molecular flexibility index (Phi) is 9.05. The van der Waals surface area contributed by atoms with Crippen molar-refractivity contribution in [3.63, 3.8) is 0 Å². The number of nitrogens with zero attached hydrogens (tertiary/aromatic N) is 1. The Balaban J connectivity index is 1.43. The van der Waals surface area contributed by atoms with E-state index in [1.165, 1.54) is 5.56 Å². The molecule has 7 nitrogen and oxygen atoms in total. The fourth-order valence-electron chi connectivity index (χ4n) is 4.03. The highest BCUT2D eigenvalue weighted by molar-refractivity contribution is 5.88. The predicted molar refractivity (Wildman–Crippen MR) is 153 cm³/mol. The number of hydrogen-bond acceptors (Lipinski definition) is 7. The second kappa shape index (κ2) is 12.6. The molecule has 38 heavy (non-hydrogen) atoms. The van der Waals surface area contributed by atoms with Crippen molar-refractivity contribution >= 4 is 22.3 Å². The molecule has 0 amide bonds. The van der Waals surface area contributed by atoms with E-state index < -0.39 is 0 Å². The summed E-state index contributed by atoms with van der Waals surface area (Å²) in [7, 11) is 1.62. The summed E-state index contributed by atoms with van der Waals surface area (Å²) >= 11 is 0. The fourth-order valence-corrected chi connectivity index (χ4v) is 4.03. The molecule has 4 rings (SSSR count). The molecule has 0 fully saturated rings. The molecule has 0 aliphatic rings. The SMILES string of the molecule is COc1cc2c(Oc3ccc(Nc4ccc(C(C)(C)C)cc4)cc3)ccnc2cc1OCCCNCCO. The molecule has 0 aliphatic carbocycles. The van der Waals surface area contributed by atoms with Gasteiger partial charge in [0.2, 0.25) is 0 Å². The van der Waals surface area contributed by atoms with Gasteiger partial charge in [0.1, 0.15) is 11.5 Å². The Morgan fingerprint density at radius 1 is 0.842 bits per heavy atom. The lowest BCUT2D eigenvalue weighted by atomic mass is 9.87. The van der Waals surface area contributed by atoms with Gasteiger partial charge >= 0.3 is 0 Å². The second-order valence-electron chi connectivity index (χ2n) is 10.1. The zero-order valence-corrected chi connectivity index (χ0v) is 22.6. The standard InChI is InChI=1S/C31H37N3O4/c1-31(2,3)22-6-8-23(9-7-22)34-24-10-12-25(13-11-24)38-28-14-16-33-27-21-30(29(36-4)20-26(27)28)37-19-5-15-32-17-18-35/h6-14,16,20-21,32,34-35H,5,15,17-19H2,1-4H3. The molecule has 0 bridgehead atoms. The van der Waals surface area contributed by atoms with Crippen LogP contribution in [0.25, 0.3) is 10.9 Å². The van der Waals surface area contributed by atoms with Gasteiger partial charge in [-0.05, 0) is 72.5 Å². The number of nitrogens with one attached hydrogen (secondary N) is 2. The Morgan fingerprint density at radius 3 is 2.21 bits per heavy atom. The van der Waals surface area contributed by atoms with Gasteiger partial charge in [0, 0.05) is 35.6 Å². The molecular weight excluding hydrogens is 478 g/mol. The third kappa shape index (κ3) is 7.15. The highest BCUT2D eigenvalue weighted by Gasteiger charge is 2.14. The number of rotatable bonds is 12. The smallest absolute Gasteiger partial charge is 0.163 e. The van der Waals surface area contributed by atoms with Crippen LogP contribution >= 0.6 is 0 Å². The van der Waals surface area contributed by atoms with Crippen molar-refractivity contribution in [1.29, 1.82) is 0 Å². The van der Waals surface area contributed by atoms with Gasteiger partial charge < -0.3 is 30.0 Å². The van der Waals surface area contributed by atoms with E-state index in [1.807, 2.05) is 42.5 Å². The lowest BCUT2D eigenvalue weighted by Crippen LogP contribution is -2.20. The maximum absolute atomic E-state index is 8.85. The monoisotopic (exact) mass is 515 g/mol. The molecule has 4 aromatic rings. The van der Waals surface area contributed by atoms with E-state index in [-0.39, 0.29) is 12.0 Å². The first-order valence-corrected chi connectivity index (χ1v) is 12.9. The number of anilines is 2. The zero-order valence-electron chi connectivity index (χ0n) is 22.6. The van der Waals surface area contributed by atoms with Crippen molar-refractivity contribution in [2.24, 2.45) is 0 Å². The molecule has 0 atom stereocenters. The van der Waals surface area contributed by atoms with E-state index in [4.69, 9.17) is 19.3 Å². The minimum Gasteiger partial charge on any atom is -0.493 e. The average Bonchev–Trinajstić information content (AvgIpc) is 2.91. The predicted octanol–water partition coefficient (Wildman–Crippen LogP) is 6.43. The van der Waals surface area contributed by atoms with Crippen LogP contribution in [0, 0.1) is 0 Å². The number of aromatic nitrogens is 1. The Morgan fingerprint density at radius 2 is 1.55 bits per heavy atom. The van der Waals surface area contributed by atoms with Crippen LogP contribution in [0.3, 0.4) is 0 Å². The van der Waals surface area contributed by atoms with E-state index in [2.05, 4.69) is 60.7 Å². The lowest BCUT2D eigenvalue weighted by molar-refractivity contribution is 0.275. The summed E-state index contributed by atoms with van der Waals surface area (Å²) in [6.45, 7) is 8.64. The summed E-state index contributed by atoms with van der Waals surface area (Å²) < 4.78 is 17.8. The molecule has 0 saturated heterocycles. The van der Waals surface area contributed by atoms with Crippen LogP contribution in [0.5, 0.6) is 23.0 Å². The number of hydrogen-bond donors (Lipinski definition) is 3. The number of ether oxygens (including phenoxy) is 3. The van der Waals surface area contributed by atoms with Crippen molar-refractivity contribution in [2.45, 2.75) is 32.6 Å². The van der Waals surface area contributed by atoms with Crippen LogP contribution in [0.15, 0.2) is 72.9 Å². The first kappa shape index (κ1) is 27.2. The highest BCUT2D eigenvalue weighted by atomic mass is 16.5. The molecule has 1 heterocycles. The number of pyridine rings is 1. The van der Waals surface area contributed by atoms with E-state index in [9.17, 15) is 0 Å². The van der Waals surface area contributed by atoms with E-state index in [0.29, 0.717) is 30.4 Å². The van der Waals surface area contributed by atoms with E-state index in [1.54, 1.807) is 13.3 Å². The van der Waals surface area contributed by atoms with Crippen LogP contribution in [0.4, 0.5) is 11.4 Å². The Hall–Kier alpha value is -3.81. The summed E-state index contributed by atoms with van der Waals surface area (Å²) in [5.74, 6) is 2.67. The van der Waals surface area contributed by atoms with Gasteiger partial charge in [-0.25, -0.2) is 0 Å². The van der Waals surface area contributed by atoms with Crippen molar-refractivity contribution in [3.8, 4) is 23.0 Å². The normalized spacial score (nSPS) is 11.4.